The molecular weight excluding hydrogens is 263 g/mol. The highest BCUT2D eigenvalue weighted by Gasteiger charge is 2.21. The summed E-state index contributed by atoms with van der Waals surface area (Å²) >= 11 is 1.49. The molecule has 4 nitrogen and oxygen atoms in total. The normalized spacial score (nSPS) is 16.1. The molecule has 1 aliphatic rings. The first-order valence-electron chi connectivity index (χ1n) is 6.48. The molecular formula is C13H15FN4S. The second kappa shape index (κ2) is 5.69. The van der Waals surface area contributed by atoms with Crippen molar-refractivity contribution >= 4 is 11.8 Å². The Labute approximate surface area is 115 Å². The van der Waals surface area contributed by atoms with Crippen LogP contribution in [0.5, 0.6) is 0 Å². The van der Waals surface area contributed by atoms with Gasteiger partial charge in [-0.2, -0.15) is 0 Å². The summed E-state index contributed by atoms with van der Waals surface area (Å²) in [5.41, 5.74) is 0.688. The van der Waals surface area contributed by atoms with Gasteiger partial charge in [-0.05, 0) is 34.9 Å². The molecule has 0 unspecified atom stereocenters. The van der Waals surface area contributed by atoms with Crippen molar-refractivity contribution in [1.29, 1.82) is 0 Å². The summed E-state index contributed by atoms with van der Waals surface area (Å²) in [5.74, 6) is 0.384. The minimum Gasteiger partial charge on any atom is -0.217 e. The Morgan fingerprint density at radius 2 is 2.05 bits per heavy atom. The minimum atomic E-state index is -0.171. The quantitative estimate of drug-likeness (QED) is 0.805. The molecule has 0 radical (unpaired) electrons. The van der Waals surface area contributed by atoms with Crippen molar-refractivity contribution < 1.29 is 4.39 Å². The van der Waals surface area contributed by atoms with Gasteiger partial charge in [-0.1, -0.05) is 42.8 Å². The zero-order chi connectivity index (χ0) is 13.1. The van der Waals surface area contributed by atoms with Crippen molar-refractivity contribution in [2.45, 2.75) is 42.6 Å². The van der Waals surface area contributed by atoms with Gasteiger partial charge in [-0.15, -0.1) is 5.10 Å². The molecule has 0 spiro atoms. The molecule has 0 atom stereocenters. The lowest BCUT2D eigenvalue weighted by molar-refractivity contribution is 0.423. The van der Waals surface area contributed by atoms with E-state index < -0.39 is 0 Å². The van der Waals surface area contributed by atoms with E-state index in [1.54, 1.807) is 12.1 Å². The fraction of sp³-hybridized carbons (Fsp3) is 0.462. The summed E-state index contributed by atoms with van der Waals surface area (Å²) < 4.78 is 15.4. The van der Waals surface area contributed by atoms with Crippen LogP contribution in [-0.4, -0.2) is 20.2 Å². The first-order chi connectivity index (χ1) is 9.34. The Bertz CT molecular complexity index is 551. The Kier molecular flexibility index (Phi) is 3.77. The van der Waals surface area contributed by atoms with Crippen molar-refractivity contribution in [1.82, 2.24) is 20.2 Å². The largest absolute Gasteiger partial charge is 0.217 e. The molecule has 100 valence electrons. The van der Waals surface area contributed by atoms with Crippen LogP contribution in [0, 0.1) is 5.82 Å². The third kappa shape index (κ3) is 2.78. The molecule has 1 heterocycles. The van der Waals surface area contributed by atoms with Crippen LogP contribution in [-0.2, 0) is 5.75 Å². The lowest BCUT2D eigenvalue weighted by atomic mass is 10.2. The molecule has 0 amide bonds. The maximum atomic E-state index is 13.5. The summed E-state index contributed by atoms with van der Waals surface area (Å²) in [6, 6.07) is 7.24. The number of rotatable bonds is 4. The Morgan fingerprint density at radius 1 is 1.26 bits per heavy atom. The molecule has 1 saturated carbocycles. The van der Waals surface area contributed by atoms with E-state index in [9.17, 15) is 4.39 Å². The molecule has 2 aromatic rings. The zero-order valence-electron chi connectivity index (χ0n) is 10.5. The van der Waals surface area contributed by atoms with Crippen molar-refractivity contribution in [3.63, 3.8) is 0 Å². The number of benzene rings is 1. The molecule has 19 heavy (non-hydrogen) atoms. The molecule has 3 rings (SSSR count). The molecule has 0 saturated heterocycles. The fourth-order valence-corrected chi connectivity index (χ4v) is 3.35. The van der Waals surface area contributed by atoms with Gasteiger partial charge in [0.25, 0.3) is 0 Å². The maximum Gasteiger partial charge on any atom is 0.209 e. The summed E-state index contributed by atoms with van der Waals surface area (Å²) in [5, 5.41) is 12.7. The van der Waals surface area contributed by atoms with Crippen LogP contribution in [0.2, 0.25) is 0 Å². The van der Waals surface area contributed by atoms with Crippen molar-refractivity contribution in [3.05, 3.63) is 35.6 Å². The number of thioether (sulfide) groups is 1. The predicted octanol–water partition coefficient (Wildman–Crippen LogP) is 3.22. The van der Waals surface area contributed by atoms with Gasteiger partial charge in [0, 0.05) is 5.75 Å². The van der Waals surface area contributed by atoms with E-state index in [0.29, 0.717) is 17.4 Å². The highest BCUT2D eigenvalue weighted by atomic mass is 32.2. The molecule has 1 aliphatic carbocycles. The monoisotopic (exact) mass is 278 g/mol. The Morgan fingerprint density at radius 3 is 2.84 bits per heavy atom. The minimum absolute atomic E-state index is 0.171. The van der Waals surface area contributed by atoms with Gasteiger partial charge < -0.3 is 0 Å². The molecule has 1 aromatic heterocycles. The third-order valence-corrected chi connectivity index (χ3v) is 4.43. The van der Waals surface area contributed by atoms with E-state index in [1.807, 2.05) is 10.7 Å². The maximum absolute atomic E-state index is 13.5. The summed E-state index contributed by atoms with van der Waals surface area (Å²) in [6.45, 7) is 0. The van der Waals surface area contributed by atoms with E-state index in [0.717, 1.165) is 18.0 Å². The van der Waals surface area contributed by atoms with Crippen molar-refractivity contribution in [3.8, 4) is 0 Å². The molecule has 0 aliphatic heterocycles. The van der Waals surface area contributed by atoms with E-state index in [-0.39, 0.29) is 5.82 Å². The summed E-state index contributed by atoms with van der Waals surface area (Å²) in [4.78, 5) is 0. The average Bonchev–Trinajstić information content (AvgIpc) is 3.08. The highest BCUT2D eigenvalue weighted by Crippen LogP contribution is 2.32. The zero-order valence-corrected chi connectivity index (χ0v) is 11.3. The second-order valence-electron chi connectivity index (χ2n) is 4.72. The molecule has 6 heteroatoms. The van der Waals surface area contributed by atoms with E-state index in [4.69, 9.17) is 0 Å². The number of aromatic nitrogens is 4. The smallest absolute Gasteiger partial charge is 0.209 e. The molecule has 0 N–H and O–H groups in total. The first kappa shape index (κ1) is 12.6. The number of hydrogen-bond donors (Lipinski definition) is 0. The lowest BCUT2D eigenvalue weighted by Gasteiger charge is -2.10. The Balaban J connectivity index is 1.70. The average molecular weight is 278 g/mol. The van der Waals surface area contributed by atoms with Gasteiger partial charge in [0.1, 0.15) is 5.82 Å². The number of tetrazole rings is 1. The van der Waals surface area contributed by atoms with Crippen LogP contribution >= 0.6 is 11.8 Å². The molecule has 1 aromatic carbocycles. The first-order valence-corrected chi connectivity index (χ1v) is 7.47. The van der Waals surface area contributed by atoms with E-state index >= 15 is 0 Å². The van der Waals surface area contributed by atoms with Gasteiger partial charge in [0.15, 0.2) is 0 Å². The van der Waals surface area contributed by atoms with Crippen molar-refractivity contribution in [2.24, 2.45) is 0 Å². The highest BCUT2D eigenvalue weighted by molar-refractivity contribution is 7.98. The van der Waals surface area contributed by atoms with Gasteiger partial charge in [-0.25, -0.2) is 9.07 Å². The standard InChI is InChI=1S/C13H15FN4S/c14-12-8-4-1-5-10(12)9-19-13-15-16-17-18(13)11-6-2-3-7-11/h1,4-5,8,11H,2-3,6-7,9H2. The van der Waals surface area contributed by atoms with Crippen molar-refractivity contribution in [2.75, 3.05) is 0 Å². The van der Waals surface area contributed by atoms with Crippen LogP contribution in [0.1, 0.15) is 37.3 Å². The van der Waals surface area contributed by atoms with Gasteiger partial charge in [-0.3, -0.25) is 0 Å². The van der Waals surface area contributed by atoms with E-state index in [2.05, 4.69) is 15.5 Å². The summed E-state index contributed by atoms with van der Waals surface area (Å²) in [6.07, 6.45) is 4.75. The SMILES string of the molecule is Fc1ccccc1CSc1nnnn1C1CCCC1. The predicted molar refractivity (Wildman–Crippen MR) is 71.3 cm³/mol. The third-order valence-electron chi connectivity index (χ3n) is 3.45. The molecule has 1 fully saturated rings. The van der Waals surface area contributed by atoms with Crippen LogP contribution in [0.15, 0.2) is 29.4 Å². The second-order valence-corrected chi connectivity index (χ2v) is 5.67. The van der Waals surface area contributed by atoms with Crippen LogP contribution in [0.4, 0.5) is 4.39 Å². The van der Waals surface area contributed by atoms with Gasteiger partial charge in [0.05, 0.1) is 6.04 Å². The topological polar surface area (TPSA) is 43.6 Å². The molecule has 0 bridgehead atoms. The number of nitrogens with zero attached hydrogens (tertiary/aromatic N) is 4. The van der Waals surface area contributed by atoms with Gasteiger partial charge in [0.2, 0.25) is 5.16 Å². The Hall–Kier alpha value is -1.43. The van der Waals surface area contributed by atoms with E-state index in [1.165, 1.54) is 30.7 Å². The van der Waals surface area contributed by atoms with Crippen LogP contribution < -0.4 is 0 Å². The van der Waals surface area contributed by atoms with Crippen LogP contribution in [0.3, 0.4) is 0 Å². The van der Waals surface area contributed by atoms with Gasteiger partial charge >= 0.3 is 0 Å². The van der Waals surface area contributed by atoms with Crippen LogP contribution in [0.25, 0.3) is 0 Å². The fourth-order valence-electron chi connectivity index (χ4n) is 2.42. The number of halogens is 1. The number of hydrogen-bond acceptors (Lipinski definition) is 4. The lowest BCUT2D eigenvalue weighted by Crippen LogP contribution is -2.08. The summed E-state index contributed by atoms with van der Waals surface area (Å²) in [7, 11) is 0.